The van der Waals surface area contributed by atoms with Crippen LogP contribution in [0.3, 0.4) is 0 Å². The van der Waals surface area contributed by atoms with Crippen LogP contribution in [0.1, 0.15) is 6.04 Å². The molecule has 0 radical (unpaired) electrons. The van der Waals surface area contributed by atoms with Gasteiger partial charge in [0, 0.05) is 30.7 Å². The Labute approximate surface area is 226 Å². The van der Waals surface area contributed by atoms with Gasteiger partial charge >= 0.3 is 0 Å². The summed E-state index contributed by atoms with van der Waals surface area (Å²) < 4.78 is 74.7. The van der Waals surface area contributed by atoms with Gasteiger partial charge in [-0.15, -0.1) is 5.10 Å². The molecule has 1 aliphatic rings. The molecule has 0 aliphatic carbocycles. The zero-order chi connectivity index (χ0) is 28.9. The number of hydrogen-bond donors (Lipinski definition) is 3. The molecule has 0 spiro atoms. The van der Waals surface area contributed by atoms with Crippen LogP contribution in [0.25, 0.3) is 22.0 Å². The minimum absolute atomic E-state index is 0.144. The Morgan fingerprint density at radius 1 is 1.02 bits per heavy atom. The number of aliphatic hydroxyl groups is 3. The second kappa shape index (κ2) is 10.4. The van der Waals surface area contributed by atoms with Crippen LogP contribution >= 0.6 is 0 Å². The third kappa shape index (κ3) is 4.71. The summed E-state index contributed by atoms with van der Waals surface area (Å²) in [4.78, 5) is 1.71. The molecule has 1 fully saturated rings. The van der Waals surface area contributed by atoms with Crippen molar-refractivity contribution in [2.45, 2.75) is 34.7 Å². The largest absolute Gasteiger partial charge is 0.394 e. The molecular weight excluding hydrogens is 553 g/mol. The Kier molecular flexibility index (Phi) is 7.31. The van der Waals surface area contributed by atoms with Gasteiger partial charge in [0.05, 0.1) is 17.7 Å². The minimum atomic E-state index is -4.41. The monoisotopic (exact) mass is 578 g/mol. The Hall–Kier alpha value is -3.56. The van der Waals surface area contributed by atoms with Crippen LogP contribution in [0.15, 0.2) is 59.6 Å². The van der Waals surface area contributed by atoms with Crippen molar-refractivity contribution >= 4 is 26.3 Å². The van der Waals surface area contributed by atoms with E-state index < -0.39 is 63.7 Å². The van der Waals surface area contributed by atoms with E-state index >= 15 is 0 Å². The average molecular weight is 579 g/mol. The van der Waals surface area contributed by atoms with Gasteiger partial charge < -0.3 is 25.0 Å². The SMILES string of the molecule is CN(C)c1cccc2cc(S(=O)(=O)[C@H]3O[C@H](CO)[C@H](O)[C@H](n4cc(-c5cc(F)c(F)c(F)c5)nn4)[C@H]3O)ccc12. The van der Waals surface area contributed by atoms with E-state index in [1.807, 2.05) is 25.1 Å². The highest BCUT2D eigenvalue weighted by Gasteiger charge is 2.51. The number of anilines is 1. The lowest BCUT2D eigenvalue weighted by atomic mass is 9.97. The summed E-state index contributed by atoms with van der Waals surface area (Å²) in [5.74, 6) is -4.59. The molecule has 0 saturated carbocycles. The van der Waals surface area contributed by atoms with Gasteiger partial charge in [-0.2, -0.15) is 0 Å². The van der Waals surface area contributed by atoms with Crippen LogP contribution in [0, 0.1) is 17.5 Å². The summed E-state index contributed by atoms with van der Waals surface area (Å²) in [6, 6.07) is 9.71. The normalized spacial score (nSPS) is 23.4. The van der Waals surface area contributed by atoms with E-state index in [0.717, 1.165) is 22.0 Å². The molecule has 0 amide bonds. The van der Waals surface area contributed by atoms with E-state index in [-0.39, 0.29) is 16.2 Å². The standard InChI is InChI=1S/C26H25F3N4O6S/c1-32(2)20-5-3-4-13-8-15(6-7-16(13)20)40(37,38)26-25(36)23(24(35)21(12-34)39-26)33-11-19(30-31-33)14-9-17(27)22(29)18(28)10-14/h3-11,21,23-26,34-36H,12H2,1-2H3/t21-,23+,24+,25-,26-/m1/s1. The summed E-state index contributed by atoms with van der Waals surface area (Å²) in [5.41, 5.74) is -1.40. The number of aliphatic hydroxyl groups excluding tert-OH is 3. The molecule has 10 nitrogen and oxygen atoms in total. The van der Waals surface area contributed by atoms with Crippen molar-refractivity contribution in [3.63, 3.8) is 0 Å². The Bertz CT molecular complexity index is 1660. The lowest BCUT2D eigenvalue weighted by Gasteiger charge is -2.41. The maximum Gasteiger partial charge on any atom is 0.207 e. The average Bonchev–Trinajstić information content (AvgIpc) is 3.40. The second-order valence-electron chi connectivity index (χ2n) is 9.63. The van der Waals surface area contributed by atoms with Crippen molar-refractivity contribution in [3.8, 4) is 11.3 Å². The fourth-order valence-electron chi connectivity index (χ4n) is 4.84. The predicted molar refractivity (Wildman–Crippen MR) is 138 cm³/mol. The molecule has 2 heterocycles. The first-order chi connectivity index (χ1) is 18.9. The van der Waals surface area contributed by atoms with E-state index in [2.05, 4.69) is 10.3 Å². The highest BCUT2D eigenvalue weighted by molar-refractivity contribution is 7.92. The number of benzene rings is 3. The lowest BCUT2D eigenvalue weighted by Crippen LogP contribution is -2.58. The molecule has 0 bridgehead atoms. The highest BCUT2D eigenvalue weighted by Crippen LogP contribution is 2.37. The first kappa shape index (κ1) is 28.0. The predicted octanol–water partition coefficient (Wildman–Crippen LogP) is 2.04. The van der Waals surface area contributed by atoms with Crippen molar-refractivity contribution in [2.24, 2.45) is 0 Å². The molecular formula is C26H25F3N4O6S. The summed E-state index contributed by atoms with van der Waals surface area (Å²) in [7, 11) is -0.711. The zero-order valence-electron chi connectivity index (χ0n) is 21.2. The fourth-order valence-corrected chi connectivity index (χ4v) is 6.48. The lowest BCUT2D eigenvalue weighted by molar-refractivity contribution is -0.180. The van der Waals surface area contributed by atoms with Gasteiger partial charge in [-0.05, 0) is 35.7 Å². The summed E-state index contributed by atoms with van der Waals surface area (Å²) in [5, 5.41) is 40.8. The van der Waals surface area contributed by atoms with Crippen LogP contribution in [-0.2, 0) is 14.6 Å². The van der Waals surface area contributed by atoms with Crippen LogP contribution in [-0.4, -0.2) is 83.2 Å². The number of hydrogen-bond acceptors (Lipinski definition) is 9. The summed E-state index contributed by atoms with van der Waals surface area (Å²) >= 11 is 0. The molecule has 0 unspecified atom stereocenters. The molecule has 5 atom stereocenters. The molecule has 3 N–H and O–H groups in total. The minimum Gasteiger partial charge on any atom is -0.394 e. The Morgan fingerprint density at radius 2 is 1.73 bits per heavy atom. The van der Waals surface area contributed by atoms with E-state index in [1.54, 1.807) is 18.2 Å². The molecule has 14 heteroatoms. The van der Waals surface area contributed by atoms with Crippen molar-refractivity contribution in [3.05, 3.63) is 72.2 Å². The molecule has 1 saturated heterocycles. The van der Waals surface area contributed by atoms with Crippen molar-refractivity contribution in [1.82, 2.24) is 15.0 Å². The van der Waals surface area contributed by atoms with Gasteiger partial charge in [-0.3, -0.25) is 0 Å². The van der Waals surface area contributed by atoms with Crippen molar-refractivity contribution in [1.29, 1.82) is 0 Å². The van der Waals surface area contributed by atoms with E-state index in [9.17, 15) is 36.9 Å². The number of aromatic nitrogens is 3. The molecule has 3 aromatic carbocycles. The number of fused-ring (bicyclic) bond motifs is 1. The first-order valence-corrected chi connectivity index (χ1v) is 13.6. The van der Waals surface area contributed by atoms with Gasteiger partial charge in [-0.1, -0.05) is 23.4 Å². The van der Waals surface area contributed by atoms with E-state index in [1.165, 1.54) is 12.1 Å². The van der Waals surface area contributed by atoms with Crippen LogP contribution in [0.2, 0.25) is 0 Å². The second-order valence-corrected chi connectivity index (χ2v) is 11.7. The molecule has 4 aromatic rings. The van der Waals surface area contributed by atoms with Gasteiger partial charge in [0.15, 0.2) is 22.9 Å². The maximum atomic E-state index is 13.7. The topological polar surface area (TPSA) is 138 Å². The van der Waals surface area contributed by atoms with Crippen LogP contribution in [0.5, 0.6) is 0 Å². The number of halogens is 3. The first-order valence-electron chi connectivity index (χ1n) is 12.1. The Balaban J connectivity index is 1.52. The van der Waals surface area contributed by atoms with Gasteiger partial charge in [0.2, 0.25) is 9.84 Å². The quantitative estimate of drug-likeness (QED) is 0.294. The molecule has 1 aliphatic heterocycles. The summed E-state index contributed by atoms with van der Waals surface area (Å²) in [6.07, 6.45) is -3.90. The third-order valence-electron chi connectivity index (χ3n) is 6.89. The molecule has 1 aromatic heterocycles. The van der Waals surface area contributed by atoms with Crippen molar-refractivity contribution < 1.29 is 41.6 Å². The van der Waals surface area contributed by atoms with E-state index in [0.29, 0.717) is 17.5 Å². The smallest absolute Gasteiger partial charge is 0.207 e. The zero-order valence-corrected chi connectivity index (χ0v) is 22.0. The Morgan fingerprint density at radius 3 is 2.38 bits per heavy atom. The molecule has 5 rings (SSSR count). The van der Waals surface area contributed by atoms with E-state index in [4.69, 9.17) is 4.74 Å². The van der Waals surface area contributed by atoms with Gasteiger partial charge in [-0.25, -0.2) is 26.3 Å². The van der Waals surface area contributed by atoms with Gasteiger partial charge in [0.1, 0.15) is 30.0 Å². The van der Waals surface area contributed by atoms with Crippen molar-refractivity contribution in [2.75, 3.05) is 25.6 Å². The molecule has 212 valence electrons. The summed E-state index contributed by atoms with van der Waals surface area (Å²) in [6.45, 7) is -0.795. The van der Waals surface area contributed by atoms with Crippen LogP contribution in [0.4, 0.5) is 18.9 Å². The highest BCUT2D eigenvalue weighted by atomic mass is 32.2. The number of ether oxygens (including phenoxy) is 1. The molecule has 40 heavy (non-hydrogen) atoms. The third-order valence-corrected chi connectivity index (χ3v) is 8.80. The van der Waals surface area contributed by atoms with Gasteiger partial charge in [0.25, 0.3) is 0 Å². The number of rotatable bonds is 6. The fraction of sp³-hybridized carbons (Fsp3) is 0.308. The van der Waals surface area contributed by atoms with Crippen LogP contribution < -0.4 is 4.90 Å². The number of nitrogens with zero attached hydrogens (tertiary/aromatic N) is 4. The maximum absolute atomic E-state index is 13.7. The number of sulfone groups is 1.